The van der Waals surface area contributed by atoms with Crippen LogP contribution in [0.3, 0.4) is 0 Å². The summed E-state index contributed by atoms with van der Waals surface area (Å²) >= 11 is 0. The van der Waals surface area contributed by atoms with Gasteiger partial charge in [0, 0.05) is 6.42 Å². The number of rotatable bonds is 9. The summed E-state index contributed by atoms with van der Waals surface area (Å²) in [7, 11) is 1.61. The molecule has 7 nitrogen and oxygen atoms in total. The van der Waals surface area contributed by atoms with Gasteiger partial charge in [-0.05, 0) is 36.1 Å². The van der Waals surface area contributed by atoms with E-state index in [9.17, 15) is 9.59 Å². The van der Waals surface area contributed by atoms with E-state index in [0.717, 1.165) is 28.8 Å². The Kier molecular flexibility index (Phi) is 7.06. The van der Waals surface area contributed by atoms with E-state index in [0.29, 0.717) is 12.4 Å². The molecule has 0 radical (unpaired) electrons. The zero-order chi connectivity index (χ0) is 21.5. The molecule has 0 spiro atoms. The van der Waals surface area contributed by atoms with Crippen LogP contribution in [0.15, 0.2) is 48.5 Å². The fraction of sp³-hybridized carbons (Fsp3) is 0.348. The van der Waals surface area contributed by atoms with Crippen LogP contribution in [0.5, 0.6) is 5.75 Å². The molecule has 2 amide bonds. The highest BCUT2D eigenvalue weighted by Gasteiger charge is 2.26. The van der Waals surface area contributed by atoms with E-state index >= 15 is 0 Å². The lowest BCUT2D eigenvalue weighted by Gasteiger charge is -2.23. The Morgan fingerprint density at radius 2 is 1.87 bits per heavy atom. The number of nitrogens with zero attached hydrogens (tertiary/aromatic N) is 1. The van der Waals surface area contributed by atoms with Gasteiger partial charge in [0.1, 0.15) is 11.8 Å². The van der Waals surface area contributed by atoms with Crippen molar-refractivity contribution in [3.05, 3.63) is 54.1 Å². The second kappa shape index (κ2) is 9.91. The first-order valence-corrected chi connectivity index (χ1v) is 10.2. The highest BCUT2D eigenvalue weighted by Crippen LogP contribution is 2.19. The molecule has 0 fully saturated rings. The molecule has 3 aromatic rings. The number of aryl methyl sites for hydroxylation is 1. The molecule has 2 aromatic carbocycles. The van der Waals surface area contributed by atoms with Crippen molar-refractivity contribution in [1.82, 2.24) is 15.3 Å². The normalized spacial score (nSPS) is 12.9. The third-order valence-corrected chi connectivity index (χ3v) is 5.26. The summed E-state index contributed by atoms with van der Waals surface area (Å²) in [6, 6.07) is 14.5. The van der Waals surface area contributed by atoms with Crippen LogP contribution < -0.4 is 15.4 Å². The maximum Gasteiger partial charge on any atom is 0.249 e. The largest absolute Gasteiger partial charge is 0.496 e. The summed E-state index contributed by atoms with van der Waals surface area (Å²) < 4.78 is 5.34. The van der Waals surface area contributed by atoms with Crippen molar-refractivity contribution in [2.45, 2.75) is 39.2 Å². The third kappa shape index (κ3) is 5.17. The number of fused-ring (bicyclic) bond motifs is 1. The van der Waals surface area contributed by atoms with Crippen molar-refractivity contribution in [2.75, 3.05) is 12.4 Å². The number of H-pyrrole nitrogens is 1. The summed E-state index contributed by atoms with van der Waals surface area (Å²) in [5.41, 5.74) is 2.57. The quantitative estimate of drug-likeness (QED) is 0.503. The zero-order valence-corrected chi connectivity index (χ0v) is 17.6. The lowest BCUT2D eigenvalue weighted by atomic mass is 9.98. The zero-order valence-electron chi connectivity index (χ0n) is 17.6. The van der Waals surface area contributed by atoms with Crippen molar-refractivity contribution in [3.8, 4) is 5.75 Å². The Bertz CT molecular complexity index is 981. The minimum Gasteiger partial charge on any atom is -0.496 e. The van der Waals surface area contributed by atoms with Crippen LogP contribution in [0.2, 0.25) is 0 Å². The van der Waals surface area contributed by atoms with E-state index in [1.807, 2.05) is 62.4 Å². The highest BCUT2D eigenvalue weighted by molar-refractivity contribution is 5.97. The number of amides is 2. The summed E-state index contributed by atoms with van der Waals surface area (Å²) in [5, 5.41) is 5.70. The summed E-state index contributed by atoms with van der Waals surface area (Å²) in [5.74, 6) is 0.647. The van der Waals surface area contributed by atoms with Crippen LogP contribution in [0.1, 0.15) is 32.3 Å². The molecule has 0 saturated heterocycles. The molecular weight excluding hydrogens is 380 g/mol. The molecule has 3 N–H and O–H groups in total. The summed E-state index contributed by atoms with van der Waals surface area (Å²) in [6.45, 7) is 3.94. The first-order chi connectivity index (χ1) is 14.5. The van der Waals surface area contributed by atoms with Gasteiger partial charge in [-0.15, -0.1) is 0 Å². The van der Waals surface area contributed by atoms with Crippen LogP contribution in [0, 0.1) is 5.92 Å². The SMILES string of the molecule is CC[C@H](C)[C@H](NC(=O)CCc1ccccc1OC)C(=O)Nc1nc2ccccc2[nH]1. The van der Waals surface area contributed by atoms with Gasteiger partial charge < -0.3 is 15.0 Å². The molecule has 1 aromatic heterocycles. The number of ether oxygens (including phenoxy) is 1. The number of methoxy groups -OCH3 is 1. The van der Waals surface area contributed by atoms with E-state index in [-0.39, 0.29) is 24.2 Å². The van der Waals surface area contributed by atoms with Gasteiger partial charge in [-0.1, -0.05) is 50.6 Å². The van der Waals surface area contributed by atoms with Crippen molar-refractivity contribution < 1.29 is 14.3 Å². The molecule has 2 atom stereocenters. The molecule has 30 heavy (non-hydrogen) atoms. The van der Waals surface area contributed by atoms with E-state index in [4.69, 9.17) is 4.74 Å². The number of hydrogen-bond acceptors (Lipinski definition) is 4. The highest BCUT2D eigenvalue weighted by atomic mass is 16.5. The predicted molar refractivity (Wildman–Crippen MR) is 117 cm³/mol. The second-order valence-electron chi connectivity index (χ2n) is 7.33. The van der Waals surface area contributed by atoms with Gasteiger partial charge in [-0.2, -0.15) is 0 Å². The van der Waals surface area contributed by atoms with Gasteiger partial charge in [0.05, 0.1) is 18.1 Å². The van der Waals surface area contributed by atoms with E-state index in [2.05, 4.69) is 20.6 Å². The number of hydrogen-bond donors (Lipinski definition) is 3. The van der Waals surface area contributed by atoms with Gasteiger partial charge in [0.25, 0.3) is 0 Å². The summed E-state index contributed by atoms with van der Waals surface area (Å²) in [4.78, 5) is 32.9. The van der Waals surface area contributed by atoms with Gasteiger partial charge in [0.2, 0.25) is 17.8 Å². The topological polar surface area (TPSA) is 96.1 Å². The molecule has 0 bridgehead atoms. The van der Waals surface area contributed by atoms with Crippen molar-refractivity contribution >= 4 is 28.8 Å². The number of aromatic nitrogens is 2. The number of benzene rings is 2. The standard InChI is InChI=1S/C23H28N4O3/c1-4-15(2)21(22(29)27-23-24-17-10-6-7-11-18(17)25-23)26-20(28)14-13-16-9-5-8-12-19(16)30-3/h5-12,15,21H,4,13-14H2,1-3H3,(H,26,28)(H2,24,25,27,29)/t15-,21-/m0/s1. The van der Waals surface area contributed by atoms with Crippen molar-refractivity contribution in [2.24, 2.45) is 5.92 Å². The molecule has 1 heterocycles. The lowest BCUT2D eigenvalue weighted by Crippen LogP contribution is -2.47. The first-order valence-electron chi connectivity index (χ1n) is 10.2. The minimum absolute atomic E-state index is 0.0235. The van der Waals surface area contributed by atoms with E-state index in [1.54, 1.807) is 7.11 Å². The molecule has 0 unspecified atom stereocenters. The van der Waals surface area contributed by atoms with Crippen LogP contribution in [0.4, 0.5) is 5.95 Å². The molecule has 158 valence electrons. The molecule has 3 rings (SSSR count). The van der Waals surface area contributed by atoms with Crippen LogP contribution in [0.25, 0.3) is 11.0 Å². The van der Waals surface area contributed by atoms with Gasteiger partial charge in [-0.25, -0.2) is 4.98 Å². The number of anilines is 1. The van der Waals surface area contributed by atoms with Crippen LogP contribution in [-0.4, -0.2) is 34.9 Å². The minimum atomic E-state index is -0.645. The fourth-order valence-corrected chi connectivity index (χ4v) is 3.31. The number of carbonyl (C=O) groups is 2. The van der Waals surface area contributed by atoms with Crippen molar-refractivity contribution in [3.63, 3.8) is 0 Å². The molecule has 7 heteroatoms. The average molecular weight is 409 g/mol. The second-order valence-corrected chi connectivity index (χ2v) is 7.33. The first kappa shape index (κ1) is 21.4. The van der Waals surface area contributed by atoms with Crippen molar-refractivity contribution in [1.29, 1.82) is 0 Å². The van der Waals surface area contributed by atoms with E-state index in [1.165, 1.54) is 0 Å². The Labute approximate surface area is 176 Å². The number of aromatic amines is 1. The number of nitrogens with one attached hydrogen (secondary N) is 3. The number of imidazole rings is 1. The number of para-hydroxylation sites is 3. The summed E-state index contributed by atoms with van der Waals surface area (Å²) in [6.07, 6.45) is 1.56. The fourth-order valence-electron chi connectivity index (χ4n) is 3.31. The Morgan fingerprint density at radius 3 is 2.60 bits per heavy atom. The van der Waals surface area contributed by atoms with Gasteiger partial charge in [-0.3, -0.25) is 14.9 Å². The third-order valence-electron chi connectivity index (χ3n) is 5.26. The van der Waals surface area contributed by atoms with Crippen LogP contribution in [-0.2, 0) is 16.0 Å². The maximum atomic E-state index is 12.9. The van der Waals surface area contributed by atoms with E-state index < -0.39 is 6.04 Å². The Morgan fingerprint density at radius 1 is 1.13 bits per heavy atom. The maximum absolute atomic E-state index is 12.9. The molecule has 0 aliphatic rings. The molecular formula is C23H28N4O3. The van der Waals surface area contributed by atoms with Gasteiger partial charge >= 0.3 is 0 Å². The molecule has 0 aliphatic heterocycles. The molecule has 0 aliphatic carbocycles. The predicted octanol–water partition coefficient (Wildman–Crippen LogP) is 3.67. The average Bonchev–Trinajstić information content (AvgIpc) is 3.17. The lowest BCUT2D eigenvalue weighted by molar-refractivity contribution is -0.127. The Hall–Kier alpha value is -3.35. The Balaban J connectivity index is 1.64. The van der Waals surface area contributed by atoms with Gasteiger partial charge in [0.15, 0.2) is 0 Å². The van der Waals surface area contributed by atoms with Crippen LogP contribution >= 0.6 is 0 Å². The monoisotopic (exact) mass is 408 g/mol. The smallest absolute Gasteiger partial charge is 0.249 e. The molecule has 0 saturated carbocycles. The number of carbonyl (C=O) groups excluding carboxylic acids is 2.